The van der Waals surface area contributed by atoms with Gasteiger partial charge in [0.25, 0.3) is 0 Å². The van der Waals surface area contributed by atoms with Gasteiger partial charge in [0.15, 0.2) is 0 Å². The lowest BCUT2D eigenvalue weighted by atomic mass is 9.96. The number of halogens is 1. The number of nitrogens with zero attached hydrogens (tertiary/aromatic N) is 3. The Hall–Kier alpha value is -0.840. The Kier molecular flexibility index (Phi) is 4.81. The predicted molar refractivity (Wildman–Crippen MR) is 58.1 cm³/mol. The fraction of sp³-hybridized carbons (Fsp3) is 0.889. The number of carbonyl (C=O) groups excluding carboxylic acids is 1. The molecule has 86 valence electrons. The third-order valence-corrected chi connectivity index (χ3v) is 3.12. The van der Waals surface area contributed by atoms with E-state index < -0.39 is 6.03 Å². The summed E-state index contributed by atoms with van der Waals surface area (Å²) in [5.74, 6) is 0. The number of carbonyl (C=O) groups is 1. The molecule has 0 atom stereocenters. The summed E-state index contributed by atoms with van der Waals surface area (Å²) in [5.41, 5.74) is 0. The summed E-state index contributed by atoms with van der Waals surface area (Å²) in [4.78, 5) is 22.0. The van der Waals surface area contributed by atoms with Gasteiger partial charge in [0.05, 0.1) is 11.3 Å². The average molecular weight is 234 g/mol. The van der Waals surface area contributed by atoms with E-state index in [4.69, 9.17) is 11.8 Å². The molecule has 0 heterocycles. The Morgan fingerprint density at radius 3 is 2.47 bits per heavy atom. The summed E-state index contributed by atoms with van der Waals surface area (Å²) < 4.78 is 1.13. The van der Waals surface area contributed by atoms with E-state index >= 15 is 0 Å². The first kappa shape index (κ1) is 12.2. The van der Waals surface area contributed by atoms with Crippen LogP contribution in [0.2, 0.25) is 0 Å². The highest BCUT2D eigenvalue weighted by Crippen LogP contribution is 2.24. The number of hydrogen-bond donors (Lipinski definition) is 0. The van der Waals surface area contributed by atoms with Gasteiger partial charge in [-0.3, -0.25) is 0 Å². The maximum absolute atomic E-state index is 11.6. The molecule has 1 aliphatic rings. The Morgan fingerprint density at radius 2 is 2.00 bits per heavy atom. The lowest BCUT2D eigenvalue weighted by Crippen LogP contribution is -2.41. The molecule has 0 aromatic rings. The Labute approximate surface area is 94.4 Å². The van der Waals surface area contributed by atoms with Crippen LogP contribution in [-0.2, 0) is 0 Å². The maximum atomic E-state index is 11.6. The molecule has 0 N–H and O–H groups in total. The van der Waals surface area contributed by atoms with Crippen molar-refractivity contribution >= 4 is 17.8 Å². The van der Waals surface area contributed by atoms with Crippen LogP contribution in [-0.4, -0.2) is 28.0 Å². The summed E-state index contributed by atoms with van der Waals surface area (Å²) in [7, 11) is 0. The Bertz CT molecular complexity index is 231. The van der Waals surface area contributed by atoms with Gasteiger partial charge < -0.3 is 0 Å². The van der Waals surface area contributed by atoms with Crippen molar-refractivity contribution in [1.82, 2.24) is 9.43 Å². The minimum Gasteiger partial charge on any atom is -0.245 e. The topological polar surface area (TPSA) is 53.0 Å². The molecule has 0 aromatic carbocycles. The first-order valence-corrected chi connectivity index (χ1v) is 5.64. The lowest BCUT2D eigenvalue weighted by molar-refractivity contribution is 0.163. The molecular weight excluding hydrogens is 218 g/mol. The number of urea groups is 1. The molecule has 1 aliphatic carbocycles. The molecule has 0 aliphatic heterocycles. The smallest absolute Gasteiger partial charge is 0.245 e. The van der Waals surface area contributed by atoms with Gasteiger partial charge in [-0.25, -0.2) is 9.21 Å². The number of nitroso groups, excluding NO2 is 1. The second-order valence-corrected chi connectivity index (χ2v) is 4.05. The van der Waals surface area contributed by atoms with Crippen LogP contribution in [0.5, 0.6) is 0 Å². The summed E-state index contributed by atoms with van der Waals surface area (Å²) in [6.07, 6.45) is 5.18. The van der Waals surface area contributed by atoms with E-state index in [1.807, 2.05) is 0 Å². The molecule has 0 spiro atoms. The Balaban J connectivity index is 2.53. The SMILES string of the molecule is CCN(N=O)C(=O)N(Cl)C1CCCCC1. The van der Waals surface area contributed by atoms with E-state index in [2.05, 4.69) is 5.29 Å². The number of rotatable bonds is 3. The van der Waals surface area contributed by atoms with Gasteiger partial charge in [-0.2, -0.15) is 5.01 Å². The zero-order valence-electron chi connectivity index (χ0n) is 8.86. The van der Waals surface area contributed by atoms with Crippen LogP contribution in [0.15, 0.2) is 5.29 Å². The van der Waals surface area contributed by atoms with Crippen molar-refractivity contribution in [3.63, 3.8) is 0 Å². The van der Waals surface area contributed by atoms with Crippen molar-refractivity contribution < 1.29 is 4.79 Å². The van der Waals surface area contributed by atoms with Crippen molar-refractivity contribution in [1.29, 1.82) is 0 Å². The second-order valence-electron chi connectivity index (χ2n) is 3.68. The first-order chi connectivity index (χ1) is 7.20. The molecule has 6 heteroatoms. The molecule has 0 saturated heterocycles. The monoisotopic (exact) mass is 233 g/mol. The molecular formula is C9H16ClN3O2. The lowest BCUT2D eigenvalue weighted by Gasteiger charge is -2.29. The molecule has 5 nitrogen and oxygen atoms in total. The van der Waals surface area contributed by atoms with E-state index in [1.165, 1.54) is 6.42 Å². The van der Waals surface area contributed by atoms with Crippen molar-refractivity contribution in [3.05, 3.63) is 4.91 Å². The Morgan fingerprint density at radius 1 is 1.40 bits per heavy atom. The van der Waals surface area contributed by atoms with Crippen LogP contribution in [0.25, 0.3) is 0 Å². The molecule has 0 radical (unpaired) electrons. The predicted octanol–water partition coefficient (Wildman–Crippen LogP) is 2.90. The zero-order valence-corrected chi connectivity index (χ0v) is 9.61. The fourth-order valence-corrected chi connectivity index (χ4v) is 2.08. The van der Waals surface area contributed by atoms with Crippen LogP contribution < -0.4 is 0 Å². The molecule has 1 fully saturated rings. The van der Waals surface area contributed by atoms with Crippen molar-refractivity contribution in [3.8, 4) is 0 Å². The normalized spacial score (nSPS) is 17.2. The van der Waals surface area contributed by atoms with E-state index in [-0.39, 0.29) is 12.6 Å². The third-order valence-electron chi connectivity index (χ3n) is 2.70. The van der Waals surface area contributed by atoms with Gasteiger partial charge in [-0.15, -0.1) is 4.91 Å². The molecule has 0 aromatic heterocycles. The van der Waals surface area contributed by atoms with Gasteiger partial charge in [-0.05, 0) is 19.8 Å². The van der Waals surface area contributed by atoms with Crippen LogP contribution in [0.3, 0.4) is 0 Å². The van der Waals surface area contributed by atoms with Crippen LogP contribution in [0.4, 0.5) is 4.79 Å². The van der Waals surface area contributed by atoms with Crippen LogP contribution in [0.1, 0.15) is 39.0 Å². The van der Waals surface area contributed by atoms with E-state index in [1.54, 1.807) is 6.92 Å². The maximum Gasteiger partial charge on any atom is 0.357 e. The van der Waals surface area contributed by atoms with Crippen molar-refractivity contribution in [2.24, 2.45) is 5.29 Å². The molecule has 0 bridgehead atoms. The zero-order chi connectivity index (χ0) is 11.3. The third kappa shape index (κ3) is 3.06. The summed E-state index contributed by atoms with van der Waals surface area (Å²) in [5, 5.41) is 3.46. The summed E-state index contributed by atoms with van der Waals surface area (Å²) in [6, 6.07) is -0.468. The molecule has 2 amide bonds. The molecule has 15 heavy (non-hydrogen) atoms. The quantitative estimate of drug-likeness (QED) is 0.428. The second kappa shape index (κ2) is 5.90. The van der Waals surface area contributed by atoms with Gasteiger partial charge in [0, 0.05) is 18.3 Å². The highest BCUT2D eigenvalue weighted by atomic mass is 35.5. The van der Waals surface area contributed by atoms with Gasteiger partial charge in [0.1, 0.15) is 0 Å². The molecule has 1 rings (SSSR count). The largest absolute Gasteiger partial charge is 0.357 e. The molecule has 0 unspecified atom stereocenters. The minimum atomic E-state index is -0.513. The average Bonchev–Trinajstić information content (AvgIpc) is 2.30. The number of hydrogen-bond acceptors (Lipinski definition) is 3. The minimum absolute atomic E-state index is 0.0451. The van der Waals surface area contributed by atoms with E-state index in [0.717, 1.165) is 35.1 Å². The fourth-order valence-electron chi connectivity index (χ4n) is 1.80. The van der Waals surface area contributed by atoms with E-state index in [9.17, 15) is 9.70 Å². The summed E-state index contributed by atoms with van der Waals surface area (Å²) >= 11 is 5.91. The highest BCUT2D eigenvalue weighted by Gasteiger charge is 2.27. The van der Waals surface area contributed by atoms with Gasteiger partial charge in [-0.1, -0.05) is 19.3 Å². The van der Waals surface area contributed by atoms with E-state index in [0.29, 0.717) is 0 Å². The van der Waals surface area contributed by atoms with Crippen molar-refractivity contribution in [2.75, 3.05) is 6.54 Å². The highest BCUT2D eigenvalue weighted by molar-refractivity contribution is 6.21. The van der Waals surface area contributed by atoms with Gasteiger partial charge >= 0.3 is 6.03 Å². The first-order valence-electron chi connectivity index (χ1n) is 5.30. The van der Waals surface area contributed by atoms with Crippen molar-refractivity contribution in [2.45, 2.75) is 45.1 Å². The van der Waals surface area contributed by atoms with Crippen LogP contribution >= 0.6 is 11.8 Å². The molecule has 1 saturated carbocycles. The number of amides is 2. The summed E-state index contributed by atoms with van der Waals surface area (Å²) in [6.45, 7) is 1.93. The van der Waals surface area contributed by atoms with Crippen LogP contribution in [0, 0.1) is 4.91 Å². The standard InChI is InChI=1S/C9H16ClN3O2/c1-2-12(11-15)9(14)13(10)8-6-4-3-5-7-8/h8H,2-7H2,1H3. The van der Waals surface area contributed by atoms with Gasteiger partial charge in [0.2, 0.25) is 0 Å².